The van der Waals surface area contributed by atoms with Crippen molar-refractivity contribution in [2.24, 2.45) is 0 Å². The number of halogens is 1. The van der Waals surface area contributed by atoms with Crippen LogP contribution in [0, 0.1) is 5.82 Å². The molecule has 4 nitrogen and oxygen atoms in total. The third kappa shape index (κ3) is 2.71. The van der Waals surface area contributed by atoms with Crippen molar-refractivity contribution in [3.05, 3.63) is 30.1 Å². The number of aliphatic hydroxyl groups is 1. The van der Waals surface area contributed by atoms with Gasteiger partial charge in [0.1, 0.15) is 5.82 Å². The monoisotopic (exact) mass is 293 g/mol. The average Bonchev–Trinajstić information content (AvgIpc) is 3.17. The largest absolute Gasteiger partial charge is 0.393 e. The maximum atomic E-state index is 13.9. The molecule has 3 rings (SSSR count). The van der Waals surface area contributed by atoms with E-state index >= 15 is 0 Å². The number of thioether (sulfide) groups is 1. The Morgan fingerprint density at radius 2 is 2.15 bits per heavy atom. The van der Waals surface area contributed by atoms with E-state index in [1.807, 2.05) is 4.57 Å². The van der Waals surface area contributed by atoms with Crippen LogP contribution in [0.5, 0.6) is 0 Å². The SMILES string of the molecule is CC(O)CSc1nnc(-c2ccccc2F)n1C1CC1. The van der Waals surface area contributed by atoms with E-state index in [1.54, 1.807) is 25.1 Å². The van der Waals surface area contributed by atoms with Crippen LogP contribution in [0.15, 0.2) is 29.4 Å². The van der Waals surface area contributed by atoms with E-state index in [0.717, 1.165) is 18.0 Å². The molecule has 1 heterocycles. The first-order valence-corrected chi connectivity index (χ1v) is 7.66. The minimum absolute atomic E-state index is 0.283. The van der Waals surface area contributed by atoms with Gasteiger partial charge < -0.3 is 5.11 Å². The van der Waals surface area contributed by atoms with Gasteiger partial charge in [-0.1, -0.05) is 23.9 Å². The van der Waals surface area contributed by atoms with Crippen molar-refractivity contribution in [3.8, 4) is 11.4 Å². The molecule has 1 aromatic heterocycles. The van der Waals surface area contributed by atoms with Gasteiger partial charge in [-0.15, -0.1) is 10.2 Å². The molecule has 0 amide bonds. The molecule has 106 valence electrons. The highest BCUT2D eigenvalue weighted by Gasteiger charge is 2.30. The fourth-order valence-electron chi connectivity index (χ4n) is 2.06. The Hall–Kier alpha value is -1.40. The summed E-state index contributed by atoms with van der Waals surface area (Å²) in [6, 6.07) is 6.98. The van der Waals surface area contributed by atoms with Crippen LogP contribution in [-0.2, 0) is 0 Å². The second-order valence-corrected chi connectivity index (χ2v) is 6.03. The molecule has 1 aliphatic rings. The van der Waals surface area contributed by atoms with E-state index in [2.05, 4.69) is 10.2 Å². The molecule has 1 unspecified atom stereocenters. The lowest BCUT2D eigenvalue weighted by molar-refractivity contribution is 0.220. The van der Waals surface area contributed by atoms with Gasteiger partial charge in [-0.3, -0.25) is 4.57 Å². The Labute approximate surface area is 121 Å². The van der Waals surface area contributed by atoms with Crippen LogP contribution >= 0.6 is 11.8 Å². The van der Waals surface area contributed by atoms with Crippen molar-refractivity contribution in [1.82, 2.24) is 14.8 Å². The molecule has 0 radical (unpaired) electrons. The van der Waals surface area contributed by atoms with Gasteiger partial charge in [-0.25, -0.2) is 4.39 Å². The van der Waals surface area contributed by atoms with E-state index in [0.29, 0.717) is 23.2 Å². The maximum Gasteiger partial charge on any atom is 0.191 e. The second kappa shape index (κ2) is 5.54. The molecular weight excluding hydrogens is 277 g/mol. The summed E-state index contributed by atoms with van der Waals surface area (Å²) in [5.41, 5.74) is 0.482. The quantitative estimate of drug-likeness (QED) is 0.861. The first-order valence-electron chi connectivity index (χ1n) is 6.67. The average molecular weight is 293 g/mol. The maximum absolute atomic E-state index is 13.9. The third-order valence-corrected chi connectivity index (χ3v) is 4.33. The smallest absolute Gasteiger partial charge is 0.191 e. The highest BCUT2D eigenvalue weighted by atomic mass is 32.2. The third-order valence-electron chi connectivity index (χ3n) is 3.14. The Morgan fingerprint density at radius 3 is 2.80 bits per heavy atom. The molecule has 20 heavy (non-hydrogen) atoms. The standard InChI is InChI=1S/C14H16FN3OS/c1-9(19)8-20-14-17-16-13(18(14)10-6-7-10)11-4-2-3-5-12(11)15/h2-5,9-10,19H,6-8H2,1H3. The zero-order valence-electron chi connectivity index (χ0n) is 11.2. The van der Waals surface area contributed by atoms with E-state index in [-0.39, 0.29) is 5.82 Å². The van der Waals surface area contributed by atoms with Gasteiger partial charge in [0.05, 0.1) is 11.7 Å². The fourth-order valence-corrected chi connectivity index (χ4v) is 2.92. The molecule has 0 bridgehead atoms. The molecule has 0 spiro atoms. The van der Waals surface area contributed by atoms with E-state index in [1.165, 1.54) is 17.8 Å². The number of benzene rings is 1. The van der Waals surface area contributed by atoms with E-state index in [4.69, 9.17) is 0 Å². The Bertz CT molecular complexity index is 610. The minimum Gasteiger partial charge on any atom is -0.393 e. The molecule has 1 fully saturated rings. The highest BCUT2D eigenvalue weighted by Crippen LogP contribution is 2.41. The molecule has 1 aliphatic carbocycles. The van der Waals surface area contributed by atoms with Gasteiger partial charge in [0.15, 0.2) is 11.0 Å². The lowest BCUT2D eigenvalue weighted by atomic mass is 10.2. The zero-order chi connectivity index (χ0) is 14.1. The van der Waals surface area contributed by atoms with Crippen molar-refractivity contribution >= 4 is 11.8 Å². The van der Waals surface area contributed by atoms with Crippen LogP contribution in [0.1, 0.15) is 25.8 Å². The number of aromatic nitrogens is 3. The number of rotatable bonds is 5. The molecule has 1 aromatic carbocycles. The van der Waals surface area contributed by atoms with E-state index in [9.17, 15) is 9.50 Å². The minimum atomic E-state index is -0.402. The number of hydrogen-bond donors (Lipinski definition) is 1. The predicted octanol–water partition coefficient (Wildman–Crippen LogP) is 2.89. The van der Waals surface area contributed by atoms with Crippen molar-refractivity contribution < 1.29 is 9.50 Å². The van der Waals surface area contributed by atoms with E-state index < -0.39 is 6.10 Å². The Balaban J connectivity index is 1.97. The number of aliphatic hydroxyl groups excluding tert-OH is 1. The molecule has 1 N–H and O–H groups in total. The van der Waals surface area contributed by atoms with Gasteiger partial charge in [0.2, 0.25) is 0 Å². The first kappa shape index (κ1) is 13.6. The number of hydrogen-bond acceptors (Lipinski definition) is 4. The summed E-state index contributed by atoms with van der Waals surface area (Å²) in [5.74, 6) is 0.856. The normalized spacial score (nSPS) is 16.4. The molecule has 6 heteroatoms. The molecule has 1 atom stereocenters. The van der Waals surface area contributed by atoms with Gasteiger partial charge in [-0.2, -0.15) is 0 Å². The van der Waals surface area contributed by atoms with Crippen LogP contribution in [0.4, 0.5) is 4.39 Å². The first-order chi connectivity index (χ1) is 9.66. The van der Waals surface area contributed by atoms with Gasteiger partial charge in [0.25, 0.3) is 0 Å². The van der Waals surface area contributed by atoms with Gasteiger partial charge in [-0.05, 0) is 31.9 Å². The van der Waals surface area contributed by atoms with Crippen LogP contribution in [0.3, 0.4) is 0 Å². The molecule has 0 aliphatic heterocycles. The van der Waals surface area contributed by atoms with Gasteiger partial charge in [0, 0.05) is 11.8 Å². The molecular formula is C14H16FN3OS. The second-order valence-electron chi connectivity index (χ2n) is 5.05. The van der Waals surface area contributed by atoms with Crippen LogP contribution < -0.4 is 0 Å². The van der Waals surface area contributed by atoms with Crippen LogP contribution in [0.25, 0.3) is 11.4 Å². The summed E-state index contributed by atoms with van der Waals surface area (Å²) in [7, 11) is 0. The Kier molecular flexibility index (Phi) is 3.76. The van der Waals surface area contributed by atoms with Crippen molar-refractivity contribution in [1.29, 1.82) is 0 Å². The summed E-state index contributed by atoms with van der Waals surface area (Å²) >= 11 is 1.46. The lowest BCUT2D eigenvalue weighted by Gasteiger charge is -2.09. The summed E-state index contributed by atoms with van der Waals surface area (Å²) in [5, 5.41) is 18.5. The van der Waals surface area contributed by atoms with Crippen molar-refractivity contribution in [3.63, 3.8) is 0 Å². The Morgan fingerprint density at radius 1 is 1.40 bits per heavy atom. The molecule has 1 saturated carbocycles. The number of nitrogens with zero attached hydrogens (tertiary/aromatic N) is 3. The molecule has 0 saturated heterocycles. The highest BCUT2D eigenvalue weighted by molar-refractivity contribution is 7.99. The lowest BCUT2D eigenvalue weighted by Crippen LogP contribution is -2.06. The summed E-state index contributed by atoms with van der Waals surface area (Å²) in [4.78, 5) is 0. The van der Waals surface area contributed by atoms with Crippen LogP contribution in [0.2, 0.25) is 0 Å². The molecule has 2 aromatic rings. The van der Waals surface area contributed by atoms with Crippen LogP contribution in [-0.4, -0.2) is 31.7 Å². The fraction of sp³-hybridized carbons (Fsp3) is 0.429. The zero-order valence-corrected chi connectivity index (χ0v) is 12.0. The van der Waals surface area contributed by atoms with Crippen molar-refractivity contribution in [2.75, 3.05) is 5.75 Å². The summed E-state index contributed by atoms with van der Waals surface area (Å²) < 4.78 is 15.9. The van der Waals surface area contributed by atoms with Crippen molar-refractivity contribution in [2.45, 2.75) is 37.1 Å². The van der Waals surface area contributed by atoms with Gasteiger partial charge >= 0.3 is 0 Å². The summed E-state index contributed by atoms with van der Waals surface area (Å²) in [6.07, 6.45) is 1.74. The predicted molar refractivity (Wildman–Crippen MR) is 76.1 cm³/mol. The topological polar surface area (TPSA) is 50.9 Å². The summed E-state index contributed by atoms with van der Waals surface area (Å²) in [6.45, 7) is 1.74.